The van der Waals surface area contributed by atoms with Crippen LogP contribution in [0.5, 0.6) is 0 Å². The van der Waals surface area contributed by atoms with Crippen molar-refractivity contribution in [1.82, 2.24) is 16.0 Å². The Kier molecular flexibility index (Phi) is 12.3. The van der Waals surface area contributed by atoms with Gasteiger partial charge in [-0.3, -0.25) is 9.79 Å². The molecule has 2 saturated carbocycles. The molecule has 6 nitrogen and oxygen atoms in total. The van der Waals surface area contributed by atoms with Crippen molar-refractivity contribution in [1.29, 1.82) is 0 Å². The first-order valence-corrected chi connectivity index (χ1v) is 10.4. The SMILES string of the molecule is CN=C(NCCC(=O)NC1CCCCC1)NCC1(CCOC)CCCC1.I. The average Bonchev–Trinajstić information content (AvgIpc) is 3.13. The van der Waals surface area contributed by atoms with Crippen LogP contribution < -0.4 is 16.0 Å². The fourth-order valence-corrected chi connectivity index (χ4v) is 4.29. The van der Waals surface area contributed by atoms with E-state index in [1.165, 1.54) is 44.9 Å². The number of aliphatic imine (C=N–C) groups is 1. The molecule has 0 radical (unpaired) electrons. The Labute approximate surface area is 182 Å². The molecule has 3 N–H and O–H groups in total. The van der Waals surface area contributed by atoms with Gasteiger partial charge in [-0.05, 0) is 37.5 Å². The molecule has 1 amide bonds. The monoisotopic (exact) mass is 494 g/mol. The Morgan fingerprint density at radius 3 is 2.44 bits per heavy atom. The van der Waals surface area contributed by atoms with Crippen LogP contribution in [-0.2, 0) is 9.53 Å². The van der Waals surface area contributed by atoms with E-state index >= 15 is 0 Å². The molecule has 0 aliphatic heterocycles. The van der Waals surface area contributed by atoms with E-state index in [2.05, 4.69) is 20.9 Å². The second kappa shape index (κ2) is 13.6. The van der Waals surface area contributed by atoms with Crippen molar-refractivity contribution in [3.63, 3.8) is 0 Å². The number of guanidine groups is 1. The summed E-state index contributed by atoms with van der Waals surface area (Å²) in [6, 6.07) is 0.386. The van der Waals surface area contributed by atoms with Crippen molar-refractivity contribution in [3.05, 3.63) is 0 Å². The molecule has 2 rings (SSSR count). The molecule has 0 aromatic rings. The maximum absolute atomic E-state index is 12.1. The highest BCUT2D eigenvalue weighted by atomic mass is 127. The highest BCUT2D eigenvalue weighted by molar-refractivity contribution is 14.0. The molecule has 2 aliphatic rings. The average molecular weight is 494 g/mol. The van der Waals surface area contributed by atoms with Crippen LogP contribution in [0.2, 0.25) is 0 Å². The number of nitrogens with zero attached hydrogens (tertiary/aromatic N) is 1. The van der Waals surface area contributed by atoms with Crippen LogP contribution in [0.4, 0.5) is 0 Å². The molecule has 7 heteroatoms. The lowest BCUT2D eigenvalue weighted by Crippen LogP contribution is -2.44. The van der Waals surface area contributed by atoms with E-state index in [0.717, 1.165) is 38.4 Å². The highest BCUT2D eigenvalue weighted by Crippen LogP contribution is 2.40. The lowest BCUT2D eigenvalue weighted by molar-refractivity contribution is -0.121. The van der Waals surface area contributed by atoms with Gasteiger partial charge in [0.25, 0.3) is 0 Å². The van der Waals surface area contributed by atoms with Gasteiger partial charge >= 0.3 is 0 Å². The zero-order chi connectivity index (χ0) is 18.7. The van der Waals surface area contributed by atoms with Gasteiger partial charge in [-0.25, -0.2) is 0 Å². The molecule has 158 valence electrons. The molecule has 0 spiro atoms. The molecule has 27 heavy (non-hydrogen) atoms. The number of rotatable bonds is 9. The minimum Gasteiger partial charge on any atom is -0.385 e. The summed E-state index contributed by atoms with van der Waals surface area (Å²) in [6.45, 7) is 2.35. The zero-order valence-electron chi connectivity index (χ0n) is 17.1. The molecule has 0 bridgehead atoms. The van der Waals surface area contributed by atoms with E-state index in [1.54, 1.807) is 14.2 Å². The maximum Gasteiger partial charge on any atom is 0.221 e. The summed E-state index contributed by atoms with van der Waals surface area (Å²) >= 11 is 0. The highest BCUT2D eigenvalue weighted by Gasteiger charge is 2.33. The summed E-state index contributed by atoms with van der Waals surface area (Å²) in [5.74, 6) is 0.936. The van der Waals surface area contributed by atoms with E-state index in [1.807, 2.05) is 0 Å². The smallest absolute Gasteiger partial charge is 0.221 e. The Balaban J connectivity index is 0.00000364. The topological polar surface area (TPSA) is 74.8 Å². The number of methoxy groups -OCH3 is 1. The number of amides is 1. The van der Waals surface area contributed by atoms with Gasteiger partial charge in [0.1, 0.15) is 0 Å². The van der Waals surface area contributed by atoms with E-state index in [4.69, 9.17) is 4.74 Å². The van der Waals surface area contributed by atoms with Crippen molar-refractivity contribution >= 4 is 35.8 Å². The maximum atomic E-state index is 12.1. The van der Waals surface area contributed by atoms with E-state index in [9.17, 15) is 4.79 Å². The quantitative estimate of drug-likeness (QED) is 0.262. The first-order valence-electron chi connectivity index (χ1n) is 10.4. The third-order valence-electron chi connectivity index (χ3n) is 5.97. The standard InChI is InChI=1S/C20H38N4O2.HI/c1-21-19(23-16-20(13-15-26-2)11-6-7-12-20)22-14-10-18(25)24-17-8-4-3-5-9-17;/h17H,3-16H2,1-2H3,(H,24,25)(H2,21,22,23);1H. The first-order chi connectivity index (χ1) is 12.7. The summed E-state index contributed by atoms with van der Waals surface area (Å²) in [4.78, 5) is 16.4. The van der Waals surface area contributed by atoms with Crippen molar-refractivity contribution in [3.8, 4) is 0 Å². The third-order valence-corrected chi connectivity index (χ3v) is 5.97. The van der Waals surface area contributed by atoms with E-state index in [0.29, 0.717) is 24.4 Å². The number of ether oxygens (including phenoxy) is 1. The van der Waals surface area contributed by atoms with E-state index < -0.39 is 0 Å². The second-order valence-electron chi connectivity index (χ2n) is 7.95. The van der Waals surface area contributed by atoms with E-state index in [-0.39, 0.29) is 29.9 Å². The Morgan fingerprint density at radius 1 is 1.11 bits per heavy atom. The van der Waals surface area contributed by atoms with Crippen LogP contribution in [0.15, 0.2) is 4.99 Å². The summed E-state index contributed by atoms with van der Waals surface area (Å²) in [6.07, 6.45) is 12.8. The molecule has 0 atom stereocenters. The minimum atomic E-state index is 0. The second-order valence-corrected chi connectivity index (χ2v) is 7.95. The molecule has 0 aromatic heterocycles. The van der Waals surface area contributed by atoms with Gasteiger partial charge < -0.3 is 20.7 Å². The zero-order valence-corrected chi connectivity index (χ0v) is 19.5. The summed E-state index contributed by atoms with van der Waals surface area (Å²) in [7, 11) is 3.56. The number of hydrogen-bond donors (Lipinski definition) is 3. The predicted molar refractivity (Wildman–Crippen MR) is 122 cm³/mol. The lowest BCUT2D eigenvalue weighted by atomic mass is 9.83. The number of hydrogen-bond acceptors (Lipinski definition) is 3. The van der Waals surface area contributed by atoms with Crippen LogP contribution in [0.25, 0.3) is 0 Å². The van der Waals surface area contributed by atoms with Crippen molar-refractivity contribution in [2.24, 2.45) is 10.4 Å². The van der Waals surface area contributed by atoms with Crippen LogP contribution in [0, 0.1) is 5.41 Å². The number of halogens is 1. The Bertz CT molecular complexity index is 447. The molecule has 0 heterocycles. The van der Waals surface area contributed by atoms with Crippen LogP contribution in [-0.4, -0.2) is 51.8 Å². The fraction of sp³-hybridized carbons (Fsp3) is 0.900. The van der Waals surface area contributed by atoms with Gasteiger partial charge in [0, 0.05) is 46.3 Å². The number of nitrogens with one attached hydrogen (secondary N) is 3. The number of carbonyl (C=O) groups is 1. The van der Waals surface area contributed by atoms with Gasteiger partial charge in [-0.2, -0.15) is 0 Å². The Morgan fingerprint density at radius 2 is 1.81 bits per heavy atom. The van der Waals surface area contributed by atoms with Crippen LogP contribution in [0.3, 0.4) is 0 Å². The first kappa shape index (κ1) is 24.5. The Hall–Kier alpha value is -0.570. The van der Waals surface area contributed by atoms with Gasteiger partial charge in [0.2, 0.25) is 5.91 Å². The van der Waals surface area contributed by atoms with Crippen molar-refractivity contribution in [2.75, 3.05) is 33.9 Å². The largest absolute Gasteiger partial charge is 0.385 e. The molecular formula is C20H39IN4O2. The molecule has 0 saturated heterocycles. The fourth-order valence-electron chi connectivity index (χ4n) is 4.29. The van der Waals surface area contributed by atoms with Gasteiger partial charge in [-0.15, -0.1) is 24.0 Å². The van der Waals surface area contributed by atoms with Gasteiger partial charge in [0.15, 0.2) is 5.96 Å². The van der Waals surface area contributed by atoms with Crippen LogP contribution >= 0.6 is 24.0 Å². The summed E-state index contributed by atoms with van der Waals surface area (Å²) < 4.78 is 5.30. The molecule has 2 aliphatic carbocycles. The third kappa shape index (κ3) is 8.98. The summed E-state index contributed by atoms with van der Waals surface area (Å²) in [5, 5.41) is 9.91. The van der Waals surface area contributed by atoms with Crippen molar-refractivity contribution < 1.29 is 9.53 Å². The molecule has 2 fully saturated rings. The van der Waals surface area contributed by atoms with Gasteiger partial charge in [0.05, 0.1) is 0 Å². The summed E-state index contributed by atoms with van der Waals surface area (Å²) in [5.41, 5.74) is 0.325. The van der Waals surface area contributed by atoms with Crippen molar-refractivity contribution in [2.45, 2.75) is 76.7 Å². The number of carbonyl (C=O) groups excluding carboxylic acids is 1. The lowest BCUT2D eigenvalue weighted by Gasteiger charge is -2.30. The van der Waals surface area contributed by atoms with Gasteiger partial charge in [-0.1, -0.05) is 32.1 Å². The normalized spacial score (nSPS) is 20.0. The minimum absolute atomic E-state index is 0. The molecule has 0 aromatic carbocycles. The van der Waals surface area contributed by atoms with Crippen LogP contribution in [0.1, 0.15) is 70.6 Å². The molecular weight excluding hydrogens is 455 g/mol. The molecule has 0 unspecified atom stereocenters. The predicted octanol–water partition coefficient (Wildman–Crippen LogP) is 3.21.